The molecule has 0 aromatic rings. The predicted molar refractivity (Wildman–Crippen MR) is 110 cm³/mol. The Morgan fingerprint density at radius 2 is 1.85 bits per heavy atom. The second kappa shape index (κ2) is 9.70. The molecular formula is C21H34O5Si. The fraction of sp³-hybridized carbons (Fsp3) is 0.667. The number of rotatable bonds is 6. The van der Waals surface area contributed by atoms with Gasteiger partial charge in [-0.05, 0) is 40.7 Å². The van der Waals surface area contributed by atoms with Gasteiger partial charge in [-0.3, -0.25) is 0 Å². The smallest absolute Gasteiger partial charge is 0.332 e. The van der Waals surface area contributed by atoms with Crippen molar-refractivity contribution in [1.82, 2.24) is 0 Å². The van der Waals surface area contributed by atoms with Crippen LogP contribution < -0.4 is 0 Å². The Hall–Kier alpha value is -1.39. The van der Waals surface area contributed by atoms with E-state index < -0.39 is 25.4 Å². The summed E-state index contributed by atoms with van der Waals surface area (Å²) in [4.78, 5) is 11.7. The van der Waals surface area contributed by atoms with Gasteiger partial charge in [0, 0.05) is 0 Å². The molecular weight excluding hydrogens is 360 g/mol. The van der Waals surface area contributed by atoms with E-state index in [1.807, 2.05) is 58.9 Å². The standard InChI is InChI=1S/C21H34O5Si/c1-20(2,3)26-19(22)16-23-15-18-17(24-21(4,5)25-18)13-11-9-10-12-14-27(6,7)8/h9-11,13,17-18H,15-16H2,1-8H3/b10-9+,13-11+/t17-,18+/m1/s1. The van der Waals surface area contributed by atoms with E-state index in [2.05, 4.69) is 31.1 Å². The fourth-order valence-electron chi connectivity index (χ4n) is 2.32. The van der Waals surface area contributed by atoms with Gasteiger partial charge in [-0.25, -0.2) is 4.79 Å². The second-order valence-electron chi connectivity index (χ2n) is 9.00. The van der Waals surface area contributed by atoms with Crippen molar-refractivity contribution in [3.8, 4) is 11.5 Å². The van der Waals surface area contributed by atoms with E-state index in [1.165, 1.54) is 0 Å². The molecule has 0 spiro atoms. The van der Waals surface area contributed by atoms with Gasteiger partial charge in [-0.2, -0.15) is 0 Å². The Morgan fingerprint density at radius 3 is 2.44 bits per heavy atom. The monoisotopic (exact) mass is 394 g/mol. The maximum Gasteiger partial charge on any atom is 0.332 e. The molecule has 1 saturated heterocycles. The molecule has 0 aromatic heterocycles. The molecule has 1 heterocycles. The first-order valence-corrected chi connectivity index (χ1v) is 12.8. The van der Waals surface area contributed by atoms with Crippen molar-refractivity contribution in [2.75, 3.05) is 13.2 Å². The minimum atomic E-state index is -1.35. The van der Waals surface area contributed by atoms with Gasteiger partial charge < -0.3 is 18.9 Å². The fourth-order valence-corrected chi connectivity index (χ4v) is 2.84. The molecule has 0 amide bonds. The number of carbonyl (C=O) groups is 1. The van der Waals surface area contributed by atoms with Crippen LogP contribution in [0.3, 0.4) is 0 Å². The molecule has 152 valence electrons. The average molecular weight is 395 g/mol. The molecule has 0 bridgehead atoms. The molecule has 1 fully saturated rings. The molecule has 1 aliphatic heterocycles. The third-order valence-corrected chi connectivity index (χ3v) is 4.08. The molecule has 2 atom stereocenters. The van der Waals surface area contributed by atoms with Crippen LogP contribution in [0.15, 0.2) is 24.3 Å². The van der Waals surface area contributed by atoms with Crippen LogP contribution in [-0.4, -0.2) is 50.9 Å². The lowest BCUT2D eigenvalue weighted by molar-refractivity contribution is -0.164. The maximum absolute atomic E-state index is 11.7. The Bertz CT molecular complexity index is 611. The van der Waals surface area contributed by atoms with Crippen LogP contribution in [-0.2, 0) is 23.7 Å². The molecule has 0 unspecified atom stereocenters. The van der Waals surface area contributed by atoms with Gasteiger partial charge in [0.1, 0.15) is 32.5 Å². The lowest BCUT2D eigenvalue weighted by Crippen LogP contribution is -2.30. The number of hydrogen-bond acceptors (Lipinski definition) is 5. The van der Waals surface area contributed by atoms with E-state index in [-0.39, 0.29) is 25.4 Å². The summed E-state index contributed by atoms with van der Waals surface area (Å²) in [6.45, 7) is 15.9. The molecule has 27 heavy (non-hydrogen) atoms. The highest BCUT2D eigenvalue weighted by atomic mass is 28.3. The topological polar surface area (TPSA) is 54.0 Å². The van der Waals surface area contributed by atoms with Gasteiger partial charge in [0.2, 0.25) is 0 Å². The number of ether oxygens (including phenoxy) is 4. The zero-order valence-corrected chi connectivity index (χ0v) is 18.9. The first-order valence-electron chi connectivity index (χ1n) is 9.29. The quantitative estimate of drug-likeness (QED) is 0.296. The summed E-state index contributed by atoms with van der Waals surface area (Å²) in [7, 11) is -1.35. The van der Waals surface area contributed by atoms with Crippen molar-refractivity contribution < 1.29 is 23.7 Å². The van der Waals surface area contributed by atoms with E-state index in [1.54, 1.807) is 0 Å². The van der Waals surface area contributed by atoms with Gasteiger partial charge >= 0.3 is 5.97 Å². The largest absolute Gasteiger partial charge is 0.458 e. The number of hydrogen-bond donors (Lipinski definition) is 0. The molecule has 1 rings (SSSR count). The summed E-state index contributed by atoms with van der Waals surface area (Å²) >= 11 is 0. The Balaban J connectivity index is 2.54. The second-order valence-corrected chi connectivity index (χ2v) is 13.8. The van der Waals surface area contributed by atoms with Crippen molar-refractivity contribution in [2.45, 2.75) is 77.9 Å². The molecule has 0 N–H and O–H groups in total. The summed E-state index contributed by atoms with van der Waals surface area (Å²) < 4.78 is 22.5. The van der Waals surface area contributed by atoms with Crippen molar-refractivity contribution in [3.05, 3.63) is 24.3 Å². The Labute approximate surface area is 165 Å². The van der Waals surface area contributed by atoms with Gasteiger partial charge in [0.25, 0.3) is 0 Å². The highest BCUT2D eigenvalue weighted by molar-refractivity contribution is 6.83. The van der Waals surface area contributed by atoms with Crippen LogP contribution in [0.2, 0.25) is 19.6 Å². The molecule has 1 aliphatic rings. The van der Waals surface area contributed by atoms with Gasteiger partial charge in [0.15, 0.2) is 5.79 Å². The number of esters is 1. The summed E-state index contributed by atoms with van der Waals surface area (Å²) in [5.41, 5.74) is 2.75. The van der Waals surface area contributed by atoms with Crippen molar-refractivity contribution in [3.63, 3.8) is 0 Å². The van der Waals surface area contributed by atoms with Crippen LogP contribution in [0.25, 0.3) is 0 Å². The molecule has 0 saturated carbocycles. The Kier molecular flexibility index (Phi) is 8.49. The number of carbonyl (C=O) groups excluding carboxylic acids is 1. The van der Waals surface area contributed by atoms with E-state index in [4.69, 9.17) is 18.9 Å². The van der Waals surface area contributed by atoms with Crippen molar-refractivity contribution in [1.29, 1.82) is 0 Å². The average Bonchev–Trinajstić information content (AvgIpc) is 2.74. The van der Waals surface area contributed by atoms with E-state index >= 15 is 0 Å². The van der Waals surface area contributed by atoms with Crippen LogP contribution >= 0.6 is 0 Å². The zero-order valence-electron chi connectivity index (χ0n) is 17.9. The number of allylic oxidation sites excluding steroid dienone is 3. The minimum absolute atomic E-state index is 0.111. The van der Waals surface area contributed by atoms with Gasteiger partial charge in [0.05, 0.1) is 6.61 Å². The van der Waals surface area contributed by atoms with E-state index in [0.29, 0.717) is 0 Å². The summed E-state index contributed by atoms with van der Waals surface area (Å²) in [6.07, 6.45) is 7.00. The van der Waals surface area contributed by atoms with E-state index in [9.17, 15) is 4.79 Å². The lowest BCUT2D eigenvalue weighted by Gasteiger charge is -2.20. The lowest BCUT2D eigenvalue weighted by atomic mass is 10.2. The normalized spacial score (nSPS) is 22.8. The van der Waals surface area contributed by atoms with Crippen molar-refractivity contribution in [2.24, 2.45) is 0 Å². The zero-order chi connectivity index (χ0) is 20.7. The highest BCUT2D eigenvalue weighted by Gasteiger charge is 2.40. The third kappa shape index (κ3) is 11.1. The summed E-state index contributed by atoms with van der Waals surface area (Å²) in [5, 5.41) is 0. The van der Waals surface area contributed by atoms with E-state index in [0.717, 1.165) is 0 Å². The van der Waals surface area contributed by atoms with Crippen LogP contribution in [0.5, 0.6) is 0 Å². The van der Waals surface area contributed by atoms with Crippen LogP contribution in [0, 0.1) is 11.5 Å². The summed E-state index contributed by atoms with van der Waals surface area (Å²) in [6, 6.07) is 0. The molecule has 0 aliphatic carbocycles. The third-order valence-electron chi connectivity index (χ3n) is 3.18. The van der Waals surface area contributed by atoms with Crippen LogP contribution in [0.1, 0.15) is 34.6 Å². The predicted octanol–water partition coefficient (Wildman–Crippen LogP) is 3.86. The first kappa shape index (κ1) is 23.6. The maximum atomic E-state index is 11.7. The Morgan fingerprint density at radius 1 is 1.19 bits per heavy atom. The molecule has 5 nitrogen and oxygen atoms in total. The van der Waals surface area contributed by atoms with Crippen LogP contribution in [0.4, 0.5) is 0 Å². The first-order chi connectivity index (χ1) is 12.3. The SMILES string of the molecule is CC(C)(C)OC(=O)COC[C@@H]1OC(C)(C)O[C@@H]1/C=C/C=C/C#C[Si](C)(C)C. The minimum Gasteiger partial charge on any atom is -0.458 e. The molecule has 6 heteroatoms. The van der Waals surface area contributed by atoms with Gasteiger partial charge in [-0.15, -0.1) is 5.54 Å². The molecule has 0 radical (unpaired) electrons. The van der Waals surface area contributed by atoms with Crippen molar-refractivity contribution >= 4 is 14.0 Å². The summed E-state index contributed by atoms with van der Waals surface area (Å²) in [5.74, 6) is 1.99. The highest BCUT2D eigenvalue weighted by Crippen LogP contribution is 2.29. The molecule has 0 aromatic carbocycles. The van der Waals surface area contributed by atoms with Gasteiger partial charge in [-0.1, -0.05) is 43.8 Å².